The third-order valence-corrected chi connectivity index (χ3v) is 6.63. The molecule has 0 amide bonds. The van der Waals surface area contributed by atoms with Gasteiger partial charge in [0.05, 0.1) is 29.1 Å². The van der Waals surface area contributed by atoms with Crippen LogP contribution in [0.15, 0.2) is 47.8 Å². The summed E-state index contributed by atoms with van der Waals surface area (Å²) in [6, 6.07) is 9.49. The van der Waals surface area contributed by atoms with Gasteiger partial charge in [-0.15, -0.1) is 0 Å². The van der Waals surface area contributed by atoms with Gasteiger partial charge in [0.1, 0.15) is 6.33 Å². The third-order valence-electron chi connectivity index (χ3n) is 6.63. The van der Waals surface area contributed by atoms with Crippen LogP contribution in [0, 0.1) is 0 Å². The SMILES string of the molecule is O=c1[nH]c2ccccc2n1C1CCN(C2CCC(Nc3cncnc3)CC2)CC1. The van der Waals surface area contributed by atoms with Crippen LogP contribution < -0.4 is 11.0 Å². The lowest BCUT2D eigenvalue weighted by molar-refractivity contribution is 0.107. The molecule has 1 saturated carbocycles. The fourth-order valence-corrected chi connectivity index (χ4v) is 5.14. The van der Waals surface area contributed by atoms with Crippen molar-refractivity contribution in [2.24, 2.45) is 0 Å². The molecule has 2 fully saturated rings. The second-order valence-electron chi connectivity index (χ2n) is 8.36. The fraction of sp³-hybridized carbons (Fsp3) is 0.500. The molecule has 1 aromatic carbocycles. The van der Waals surface area contributed by atoms with Gasteiger partial charge in [-0.05, 0) is 50.7 Å². The molecular formula is C22H28N6O. The van der Waals surface area contributed by atoms with Gasteiger partial charge >= 0.3 is 5.69 Å². The Morgan fingerprint density at radius 2 is 1.66 bits per heavy atom. The number of nitrogens with zero attached hydrogens (tertiary/aromatic N) is 4. The molecule has 29 heavy (non-hydrogen) atoms. The summed E-state index contributed by atoms with van der Waals surface area (Å²) < 4.78 is 1.98. The number of H-pyrrole nitrogens is 1. The van der Waals surface area contributed by atoms with Gasteiger partial charge < -0.3 is 15.2 Å². The maximum Gasteiger partial charge on any atom is 0.326 e. The van der Waals surface area contributed by atoms with Gasteiger partial charge in [-0.2, -0.15) is 0 Å². The first-order valence-electron chi connectivity index (χ1n) is 10.7. The summed E-state index contributed by atoms with van der Waals surface area (Å²) in [7, 11) is 0. The Morgan fingerprint density at radius 1 is 0.931 bits per heavy atom. The number of anilines is 1. The Kier molecular flexibility index (Phi) is 5.06. The molecule has 1 aliphatic carbocycles. The first kappa shape index (κ1) is 18.4. The first-order valence-corrected chi connectivity index (χ1v) is 10.7. The zero-order valence-electron chi connectivity index (χ0n) is 16.6. The topological polar surface area (TPSA) is 78.8 Å². The Hall–Kier alpha value is -2.67. The minimum Gasteiger partial charge on any atom is -0.380 e. The molecule has 2 aromatic heterocycles. The predicted molar refractivity (Wildman–Crippen MR) is 114 cm³/mol. The highest BCUT2D eigenvalue weighted by Gasteiger charge is 2.30. The summed E-state index contributed by atoms with van der Waals surface area (Å²) >= 11 is 0. The minimum atomic E-state index is 0.0288. The van der Waals surface area contributed by atoms with Crippen LogP contribution >= 0.6 is 0 Å². The average molecular weight is 393 g/mol. The van der Waals surface area contributed by atoms with E-state index in [1.165, 1.54) is 25.7 Å². The number of nitrogens with one attached hydrogen (secondary N) is 2. The van der Waals surface area contributed by atoms with Crippen LogP contribution in [0.25, 0.3) is 11.0 Å². The van der Waals surface area contributed by atoms with Gasteiger partial charge in [-0.1, -0.05) is 12.1 Å². The summed E-state index contributed by atoms with van der Waals surface area (Å²) in [5.41, 5.74) is 3.02. The highest BCUT2D eigenvalue weighted by molar-refractivity contribution is 5.75. The van der Waals surface area contributed by atoms with Crippen LogP contribution in [0.3, 0.4) is 0 Å². The van der Waals surface area contributed by atoms with Crippen molar-refractivity contribution in [2.45, 2.75) is 56.7 Å². The van der Waals surface area contributed by atoms with Gasteiger partial charge in [0.15, 0.2) is 0 Å². The molecule has 1 aliphatic heterocycles. The number of likely N-dealkylation sites (tertiary alicyclic amines) is 1. The van der Waals surface area contributed by atoms with E-state index in [9.17, 15) is 4.79 Å². The molecule has 2 N–H and O–H groups in total. The molecule has 0 spiro atoms. The van der Waals surface area contributed by atoms with Crippen LogP contribution in [0.1, 0.15) is 44.6 Å². The van der Waals surface area contributed by atoms with Crippen molar-refractivity contribution in [3.63, 3.8) is 0 Å². The quantitative estimate of drug-likeness (QED) is 0.713. The number of benzene rings is 1. The van der Waals surface area contributed by atoms with Crippen LogP contribution in [-0.2, 0) is 0 Å². The molecule has 3 heterocycles. The molecule has 2 aliphatic rings. The van der Waals surface area contributed by atoms with Gasteiger partial charge in [-0.25, -0.2) is 14.8 Å². The Morgan fingerprint density at radius 3 is 2.41 bits per heavy atom. The maximum atomic E-state index is 12.5. The number of fused-ring (bicyclic) bond motifs is 1. The van der Waals surface area contributed by atoms with E-state index >= 15 is 0 Å². The first-order chi connectivity index (χ1) is 14.3. The molecule has 0 radical (unpaired) electrons. The third kappa shape index (κ3) is 3.79. The summed E-state index contributed by atoms with van der Waals surface area (Å²) in [5, 5.41) is 3.57. The molecule has 0 unspecified atom stereocenters. The van der Waals surface area contributed by atoms with Crippen molar-refractivity contribution in [1.82, 2.24) is 24.4 Å². The van der Waals surface area contributed by atoms with E-state index in [1.807, 2.05) is 41.2 Å². The van der Waals surface area contributed by atoms with Crippen LogP contribution in [-0.4, -0.2) is 49.6 Å². The van der Waals surface area contributed by atoms with Crippen molar-refractivity contribution in [3.8, 4) is 0 Å². The summed E-state index contributed by atoms with van der Waals surface area (Å²) in [5.74, 6) is 0. The van der Waals surface area contributed by atoms with Gasteiger partial charge in [0, 0.05) is 31.2 Å². The second-order valence-corrected chi connectivity index (χ2v) is 8.36. The summed E-state index contributed by atoms with van der Waals surface area (Å²) in [4.78, 5) is 26.3. The van der Waals surface area contributed by atoms with E-state index in [1.54, 1.807) is 6.33 Å². The average Bonchev–Trinajstić information content (AvgIpc) is 3.11. The summed E-state index contributed by atoms with van der Waals surface area (Å²) in [6.07, 6.45) is 12.2. The molecule has 0 atom stereocenters. The Balaban J connectivity index is 1.16. The highest BCUT2D eigenvalue weighted by atomic mass is 16.1. The highest BCUT2D eigenvalue weighted by Crippen LogP contribution is 2.31. The number of rotatable bonds is 4. The number of hydrogen-bond donors (Lipinski definition) is 2. The van der Waals surface area contributed by atoms with Gasteiger partial charge in [0.2, 0.25) is 0 Å². The number of piperidine rings is 1. The minimum absolute atomic E-state index is 0.0288. The lowest BCUT2D eigenvalue weighted by Gasteiger charge is -2.41. The number of aromatic nitrogens is 4. The Bertz CT molecular complexity index is 997. The van der Waals surface area contributed by atoms with Crippen molar-refractivity contribution in [2.75, 3.05) is 18.4 Å². The van der Waals surface area contributed by atoms with E-state index in [4.69, 9.17) is 0 Å². The standard InChI is InChI=1S/C22H28N6O/c29-22-26-20-3-1-2-4-21(20)28(22)19-9-11-27(12-10-19)18-7-5-16(6-8-18)25-17-13-23-15-24-14-17/h1-4,13-16,18-19,25H,5-12H2,(H,26,29). The van der Waals surface area contributed by atoms with Crippen molar-refractivity contribution in [3.05, 3.63) is 53.5 Å². The van der Waals surface area contributed by atoms with E-state index in [0.29, 0.717) is 18.1 Å². The van der Waals surface area contributed by atoms with Crippen molar-refractivity contribution in [1.29, 1.82) is 0 Å². The monoisotopic (exact) mass is 392 g/mol. The molecule has 7 nitrogen and oxygen atoms in total. The molecule has 7 heteroatoms. The number of imidazole rings is 1. The Labute approximate surface area is 170 Å². The predicted octanol–water partition coefficient (Wildman–Crippen LogP) is 3.18. The van der Waals surface area contributed by atoms with E-state index < -0.39 is 0 Å². The van der Waals surface area contributed by atoms with Crippen molar-refractivity contribution < 1.29 is 0 Å². The van der Waals surface area contributed by atoms with Gasteiger partial charge in [-0.3, -0.25) is 4.57 Å². The molecular weight excluding hydrogens is 364 g/mol. The molecule has 0 bridgehead atoms. The molecule has 152 valence electrons. The number of hydrogen-bond acceptors (Lipinski definition) is 5. The number of aromatic amines is 1. The van der Waals surface area contributed by atoms with Crippen LogP contribution in [0.4, 0.5) is 5.69 Å². The van der Waals surface area contributed by atoms with Crippen molar-refractivity contribution >= 4 is 16.7 Å². The zero-order valence-corrected chi connectivity index (χ0v) is 16.6. The maximum absolute atomic E-state index is 12.5. The summed E-state index contributed by atoms with van der Waals surface area (Å²) in [6.45, 7) is 2.15. The van der Waals surface area contributed by atoms with Crippen LogP contribution in [0.2, 0.25) is 0 Å². The van der Waals surface area contributed by atoms with E-state index in [2.05, 4.69) is 25.2 Å². The fourth-order valence-electron chi connectivity index (χ4n) is 5.14. The largest absolute Gasteiger partial charge is 0.380 e. The lowest BCUT2D eigenvalue weighted by atomic mass is 9.88. The smallest absolute Gasteiger partial charge is 0.326 e. The molecule has 5 rings (SSSR count). The van der Waals surface area contributed by atoms with E-state index in [-0.39, 0.29) is 5.69 Å². The second kappa shape index (κ2) is 7.99. The normalized spacial score (nSPS) is 24.0. The van der Waals surface area contributed by atoms with Crippen LogP contribution in [0.5, 0.6) is 0 Å². The number of para-hydroxylation sites is 2. The lowest BCUT2D eigenvalue weighted by Crippen LogP contribution is -2.45. The van der Waals surface area contributed by atoms with Gasteiger partial charge in [0.25, 0.3) is 0 Å². The molecule has 3 aromatic rings. The zero-order chi connectivity index (χ0) is 19.6. The molecule has 1 saturated heterocycles. The van der Waals surface area contributed by atoms with E-state index in [0.717, 1.165) is 42.7 Å².